The molecule has 0 aliphatic rings. The average molecular weight is 282 g/mol. The lowest BCUT2D eigenvalue weighted by molar-refractivity contribution is 0.571. The van der Waals surface area contributed by atoms with Crippen molar-refractivity contribution in [2.45, 2.75) is 13.0 Å². The molecule has 100 valence electrons. The van der Waals surface area contributed by atoms with Crippen molar-refractivity contribution in [3.05, 3.63) is 69.7 Å². The smallest absolute Gasteiger partial charge is 0.126 e. The molecule has 0 radical (unpaired) electrons. The maximum absolute atomic E-state index is 13.3. The predicted octanol–water partition coefficient (Wildman–Crippen LogP) is 4.24. The molecule has 0 fully saturated rings. The van der Waals surface area contributed by atoms with Crippen molar-refractivity contribution in [2.75, 3.05) is 7.05 Å². The van der Waals surface area contributed by atoms with E-state index in [-0.39, 0.29) is 6.04 Å². The van der Waals surface area contributed by atoms with Gasteiger partial charge in [-0.25, -0.2) is 8.78 Å². The zero-order chi connectivity index (χ0) is 14.0. The molecule has 0 spiro atoms. The Morgan fingerprint density at radius 3 is 2.21 bits per heavy atom. The largest absolute Gasteiger partial charge is 0.309 e. The first kappa shape index (κ1) is 14.0. The Bertz CT molecular complexity index is 578. The first-order chi connectivity index (χ1) is 9.01. The minimum Gasteiger partial charge on any atom is -0.309 e. The van der Waals surface area contributed by atoms with Crippen LogP contribution in [-0.2, 0) is 0 Å². The van der Waals surface area contributed by atoms with E-state index >= 15 is 0 Å². The van der Waals surface area contributed by atoms with Gasteiger partial charge in [-0.15, -0.1) is 0 Å². The van der Waals surface area contributed by atoms with Crippen LogP contribution in [0.1, 0.15) is 22.7 Å². The Morgan fingerprint density at radius 2 is 1.68 bits per heavy atom. The Kier molecular flexibility index (Phi) is 4.17. The van der Waals surface area contributed by atoms with Gasteiger partial charge in [-0.05, 0) is 48.9 Å². The summed E-state index contributed by atoms with van der Waals surface area (Å²) in [4.78, 5) is 0. The number of hydrogen-bond acceptors (Lipinski definition) is 1. The second-order valence-corrected chi connectivity index (χ2v) is 4.86. The first-order valence-corrected chi connectivity index (χ1v) is 6.28. The third-order valence-electron chi connectivity index (χ3n) is 2.97. The van der Waals surface area contributed by atoms with E-state index in [4.69, 9.17) is 11.6 Å². The number of benzene rings is 2. The maximum atomic E-state index is 13.3. The molecule has 0 saturated heterocycles. The molecule has 0 aliphatic carbocycles. The van der Waals surface area contributed by atoms with E-state index in [2.05, 4.69) is 5.32 Å². The third-order valence-corrected chi connectivity index (χ3v) is 3.30. The topological polar surface area (TPSA) is 12.0 Å². The van der Waals surface area contributed by atoms with Gasteiger partial charge in [-0.3, -0.25) is 0 Å². The molecular formula is C15H14ClF2N. The fourth-order valence-electron chi connectivity index (χ4n) is 2.11. The molecule has 0 amide bonds. The molecule has 1 unspecified atom stereocenters. The molecule has 0 aromatic heterocycles. The van der Waals surface area contributed by atoms with Crippen molar-refractivity contribution >= 4 is 11.6 Å². The standard InChI is InChI=1S/C15H14ClF2N/c1-9-3-4-13(14(16)5-9)15(19-2)10-6-11(17)8-12(18)7-10/h3-8,15,19H,1-2H3. The Balaban J connectivity index is 2.49. The summed E-state index contributed by atoms with van der Waals surface area (Å²) >= 11 is 6.20. The van der Waals surface area contributed by atoms with Crippen molar-refractivity contribution in [1.82, 2.24) is 5.32 Å². The first-order valence-electron chi connectivity index (χ1n) is 5.90. The van der Waals surface area contributed by atoms with Crippen LogP contribution in [0.4, 0.5) is 8.78 Å². The van der Waals surface area contributed by atoms with Crippen LogP contribution >= 0.6 is 11.6 Å². The molecule has 2 aromatic rings. The van der Waals surface area contributed by atoms with Gasteiger partial charge in [0.2, 0.25) is 0 Å². The molecule has 19 heavy (non-hydrogen) atoms. The van der Waals surface area contributed by atoms with Crippen LogP contribution in [0.15, 0.2) is 36.4 Å². The van der Waals surface area contributed by atoms with Crippen LogP contribution in [0, 0.1) is 18.6 Å². The number of rotatable bonds is 3. The minimum absolute atomic E-state index is 0.349. The maximum Gasteiger partial charge on any atom is 0.126 e. The van der Waals surface area contributed by atoms with Gasteiger partial charge in [0.15, 0.2) is 0 Å². The third kappa shape index (κ3) is 3.11. The summed E-state index contributed by atoms with van der Waals surface area (Å²) in [6.45, 7) is 1.94. The van der Waals surface area contributed by atoms with Gasteiger partial charge in [0.1, 0.15) is 11.6 Å². The second-order valence-electron chi connectivity index (χ2n) is 4.45. The van der Waals surface area contributed by atoms with E-state index in [1.54, 1.807) is 7.05 Å². The average Bonchev–Trinajstić information content (AvgIpc) is 2.31. The lowest BCUT2D eigenvalue weighted by Gasteiger charge is -2.19. The van der Waals surface area contributed by atoms with E-state index in [0.29, 0.717) is 10.6 Å². The van der Waals surface area contributed by atoms with Crippen LogP contribution < -0.4 is 5.32 Å². The predicted molar refractivity (Wildman–Crippen MR) is 73.4 cm³/mol. The molecule has 0 heterocycles. The monoisotopic (exact) mass is 281 g/mol. The summed E-state index contributed by atoms with van der Waals surface area (Å²) in [7, 11) is 1.73. The number of aryl methyl sites for hydroxylation is 1. The van der Waals surface area contributed by atoms with Gasteiger partial charge >= 0.3 is 0 Å². The summed E-state index contributed by atoms with van der Waals surface area (Å²) in [5, 5.41) is 3.60. The highest BCUT2D eigenvalue weighted by Gasteiger charge is 2.16. The normalized spacial score (nSPS) is 12.5. The summed E-state index contributed by atoms with van der Waals surface area (Å²) in [6.07, 6.45) is 0. The lowest BCUT2D eigenvalue weighted by atomic mass is 9.97. The second kappa shape index (κ2) is 5.68. The van der Waals surface area contributed by atoms with Crippen LogP contribution in [0.5, 0.6) is 0 Å². The molecule has 0 aliphatic heterocycles. The number of nitrogens with one attached hydrogen (secondary N) is 1. The molecule has 2 rings (SSSR count). The van der Waals surface area contributed by atoms with Gasteiger partial charge < -0.3 is 5.32 Å². The zero-order valence-electron chi connectivity index (χ0n) is 10.7. The number of halogens is 3. The van der Waals surface area contributed by atoms with E-state index in [9.17, 15) is 8.78 Å². The zero-order valence-corrected chi connectivity index (χ0v) is 11.4. The lowest BCUT2D eigenvalue weighted by Crippen LogP contribution is -2.18. The van der Waals surface area contributed by atoms with Gasteiger partial charge in [0.05, 0.1) is 6.04 Å². The van der Waals surface area contributed by atoms with Crippen molar-refractivity contribution in [3.63, 3.8) is 0 Å². The van der Waals surface area contributed by atoms with E-state index in [1.165, 1.54) is 12.1 Å². The van der Waals surface area contributed by atoms with Gasteiger partial charge in [-0.1, -0.05) is 23.7 Å². The quantitative estimate of drug-likeness (QED) is 0.887. The number of hydrogen-bond donors (Lipinski definition) is 1. The van der Waals surface area contributed by atoms with Gasteiger partial charge in [0, 0.05) is 11.1 Å². The van der Waals surface area contributed by atoms with Crippen molar-refractivity contribution in [3.8, 4) is 0 Å². The van der Waals surface area contributed by atoms with E-state index in [1.807, 2.05) is 25.1 Å². The van der Waals surface area contributed by atoms with Gasteiger partial charge in [-0.2, -0.15) is 0 Å². The van der Waals surface area contributed by atoms with Crippen molar-refractivity contribution in [2.24, 2.45) is 0 Å². The molecule has 0 saturated carbocycles. The highest BCUT2D eigenvalue weighted by Crippen LogP contribution is 2.29. The van der Waals surface area contributed by atoms with Crippen molar-refractivity contribution in [1.29, 1.82) is 0 Å². The summed E-state index contributed by atoms with van der Waals surface area (Å²) in [5.74, 6) is -1.20. The molecule has 2 aromatic carbocycles. The molecule has 4 heteroatoms. The highest BCUT2D eigenvalue weighted by atomic mass is 35.5. The molecular weight excluding hydrogens is 268 g/mol. The SMILES string of the molecule is CNC(c1cc(F)cc(F)c1)c1ccc(C)cc1Cl. The van der Waals surface area contributed by atoms with E-state index < -0.39 is 11.6 Å². The Hall–Kier alpha value is -1.45. The fourth-order valence-corrected chi connectivity index (χ4v) is 2.45. The highest BCUT2D eigenvalue weighted by molar-refractivity contribution is 6.31. The van der Waals surface area contributed by atoms with Crippen LogP contribution in [0.2, 0.25) is 5.02 Å². The molecule has 0 bridgehead atoms. The molecule has 1 N–H and O–H groups in total. The van der Waals surface area contributed by atoms with Crippen molar-refractivity contribution < 1.29 is 8.78 Å². The van der Waals surface area contributed by atoms with Gasteiger partial charge in [0.25, 0.3) is 0 Å². The van der Waals surface area contributed by atoms with Crippen LogP contribution in [0.3, 0.4) is 0 Å². The molecule has 1 nitrogen and oxygen atoms in total. The fraction of sp³-hybridized carbons (Fsp3) is 0.200. The summed E-state index contributed by atoms with van der Waals surface area (Å²) < 4.78 is 26.6. The Morgan fingerprint density at radius 1 is 1.05 bits per heavy atom. The van der Waals surface area contributed by atoms with Crippen LogP contribution in [0.25, 0.3) is 0 Å². The minimum atomic E-state index is -0.599. The van der Waals surface area contributed by atoms with E-state index in [0.717, 1.165) is 17.2 Å². The summed E-state index contributed by atoms with van der Waals surface area (Å²) in [5.41, 5.74) is 2.33. The summed E-state index contributed by atoms with van der Waals surface area (Å²) in [6, 6.07) is 8.73. The Labute approximate surface area is 116 Å². The van der Waals surface area contributed by atoms with Crippen LogP contribution in [-0.4, -0.2) is 7.05 Å². The molecule has 1 atom stereocenters.